The molecule has 4 atom stereocenters. The van der Waals surface area contributed by atoms with E-state index in [2.05, 4.69) is 25.2 Å². The van der Waals surface area contributed by atoms with Gasteiger partial charge in [-0.3, -0.25) is 0 Å². The minimum atomic E-state index is 0.406. The van der Waals surface area contributed by atoms with E-state index >= 15 is 0 Å². The molecule has 3 rings (SSSR count). The monoisotopic (exact) mass is 273 g/mol. The number of benzene rings is 1. The average Bonchev–Trinajstić information content (AvgIpc) is 2.44. The molecule has 1 aromatic carbocycles. The summed E-state index contributed by atoms with van der Waals surface area (Å²) < 4.78 is 0. The van der Waals surface area contributed by atoms with Gasteiger partial charge in [-0.1, -0.05) is 19.9 Å². The smallest absolute Gasteiger partial charge is 0.115 e. The molecule has 2 N–H and O–H groups in total. The van der Waals surface area contributed by atoms with Crippen molar-refractivity contribution in [1.82, 2.24) is 5.32 Å². The van der Waals surface area contributed by atoms with Crippen molar-refractivity contribution in [2.45, 2.75) is 64.5 Å². The van der Waals surface area contributed by atoms with Crippen molar-refractivity contribution in [3.63, 3.8) is 0 Å². The van der Waals surface area contributed by atoms with E-state index in [1.807, 2.05) is 12.1 Å². The maximum Gasteiger partial charge on any atom is 0.115 e. The molecule has 20 heavy (non-hydrogen) atoms. The number of hydrogen-bond acceptors (Lipinski definition) is 2. The van der Waals surface area contributed by atoms with E-state index in [4.69, 9.17) is 0 Å². The van der Waals surface area contributed by atoms with E-state index in [1.165, 1.54) is 43.2 Å². The highest BCUT2D eigenvalue weighted by Crippen LogP contribution is 2.35. The molecule has 1 fully saturated rings. The van der Waals surface area contributed by atoms with Gasteiger partial charge in [0.05, 0.1) is 0 Å². The summed E-state index contributed by atoms with van der Waals surface area (Å²) in [5.41, 5.74) is 2.76. The van der Waals surface area contributed by atoms with E-state index in [1.54, 1.807) is 0 Å². The van der Waals surface area contributed by atoms with Gasteiger partial charge in [0.25, 0.3) is 0 Å². The van der Waals surface area contributed by atoms with Gasteiger partial charge in [-0.25, -0.2) is 0 Å². The van der Waals surface area contributed by atoms with Gasteiger partial charge in [0.15, 0.2) is 0 Å². The van der Waals surface area contributed by atoms with Crippen LogP contribution in [-0.4, -0.2) is 11.1 Å². The average molecular weight is 273 g/mol. The number of rotatable bonds is 2. The summed E-state index contributed by atoms with van der Waals surface area (Å²) in [6, 6.07) is 6.99. The second kappa shape index (κ2) is 5.77. The van der Waals surface area contributed by atoms with Crippen molar-refractivity contribution in [2.75, 3.05) is 0 Å². The second-order valence-electron chi connectivity index (χ2n) is 6.96. The minimum absolute atomic E-state index is 0.406. The van der Waals surface area contributed by atoms with E-state index in [0.717, 1.165) is 18.3 Å². The van der Waals surface area contributed by atoms with Gasteiger partial charge in [0.1, 0.15) is 5.75 Å². The van der Waals surface area contributed by atoms with Crippen LogP contribution in [0.5, 0.6) is 5.75 Å². The first-order valence-corrected chi connectivity index (χ1v) is 8.21. The molecule has 2 heteroatoms. The molecular formula is C18H27NO. The fourth-order valence-corrected chi connectivity index (χ4v) is 3.94. The predicted molar refractivity (Wildman–Crippen MR) is 82.9 cm³/mol. The van der Waals surface area contributed by atoms with E-state index in [-0.39, 0.29) is 0 Å². The Morgan fingerprint density at radius 1 is 1.10 bits per heavy atom. The van der Waals surface area contributed by atoms with Crippen LogP contribution in [0.3, 0.4) is 0 Å². The minimum Gasteiger partial charge on any atom is -0.508 e. The number of aromatic hydroxyl groups is 1. The van der Waals surface area contributed by atoms with Crippen LogP contribution in [0, 0.1) is 11.8 Å². The lowest BCUT2D eigenvalue weighted by atomic mass is 9.78. The first kappa shape index (κ1) is 13.9. The van der Waals surface area contributed by atoms with Gasteiger partial charge in [-0.05, 0) is 73.6 Å². The summed E-state index contributed by atoms with van der Waals surface area (Å²) in [4.78, 5) is 0. The third-order valence-electron chi connectivity index (χ3n) is 5.48. The SMILES string of the molecule is CC1CCC(NC2CCCc3ccc(O)cc32)CC1C. The Kier molecular flexibility index (Phi) is 4.02. The molecule has 0 spiro atoms. The Morgan fingerprint density at radius 3 is 2.75 bits per heavy atom. The molecule has 0 bridgehead atoms. The number of nitrogens with one attached hydrogen (secondary N) is 1. The molecule has 2 nitrogen and oxygen atoms in total. The molecule has 2 aliphatic carbocycles. The van der Waals surface area contributed by atoms with Crippen LogP contribution in [0.2, 0.25) is 0 Å². The Balaban J connectivity index is 1.71. The molecule has 0 amide bonds. The Labute approximate surface area is 122 Å². The molecule has 0 saturated heterocycles. The van der Waals surface area contributed by atoms with Crippen molar-refractivity contribution in [3.05, 3.63) is 29.3 Å². The first-order chi connectivity index (χ1) is 9.63. The van der Waals surface area contributed by atoms with Gasteiger partial charge in [-0.2, -0.15) is 0 Å². The van der Waals surface area contributed by atoms with Crippen molar-refractivity contribution in [3.8, 4) is 5.75 Å². The molecule has 1 aromatic rings. The number of hydrogen-bond donors (Lipinski definition) is 2. The number of phenolic OH excluding ortho intramolecular Hbond substituents is 1. The third-order valence-corrected chi connectivity index (χ3v) is 5.48. The summed E-state index contributed by atoms with van der Waals surface area (Å²) in [5.74, 6) is 2.10. The maximum atomic E-state index is 9.76. The highest BCUT2D eigenvalue weighted by Gasteiger charge is 2.28. The zero-order valence-corrected chi connectivity index (χ0v) is 12.7. The van der Waals surface area contributed by atoms with Crippen LogP contribution in [0.25, 0.3) is 0 Å². The Bertz CT molecular complexity index is 470. The first-order valence-electron chi connectivity index (χ1n) is 8.21. The lowest BCUT2D eigenvalue weighted by Crippen LogP contribution is -2.39. The summed E-state index contributed by atoms with van der Waals surface area (Å²) in [7, 11) is 0. The van der Waals surface area contributed by atoms with Gasteiger partial charge in [0.2, 0.25) is 0 Å². The zero-order valence-electron chi connectivity index (χ0n) is 12.7. The Morgan fingerprint density at radius 2 is 1.95 bits per heavy atom. The van der Waals surface area contributed by atoms with E-state index in [0.29, 0.717) is 17.8 Å². The molecule has 4 unspecified atom stereocenters. The molecule has 0 aromatic heterocycles. The van der Waals surface area contributed by atoms with E-state index < -0.39 is 0 Å². The quantitative estimate of drug-likeness (QED) is 0.847. The summed E-state index contributed by atoms with van der Waals surface area (Å²) in [5, 5.41) is 13.6. The van der Waals surface area contributed by atoms with Crippen LogP contribution in [0.15, 0.2) is 18.2 Å². The van der Waals surface area contributed by atoms with E-state index in [9.17, 15) is 5.11 Å². The fraction of sp³-hybridized carbons (Fsp3) is 0.667. The van der Waals surface area contributed by atoms with Crippen LogP contribution in [0.4, 0.5) is 0 Å². The molecule has 0 heterocycles. The maximum absolute atomic E-state index is 9.76. The molecule has 0 aliphatic heterocycles. The number of aryl methyl sites for hydroxylation is 1. The zero-order chi connectivity index (χ0) is 14.1. The topological polar surface area (TPSA) is 32.3 Å². The Hall–Kier alpha value is -1.02. The highest BCUT2D eigenvalue weighted by molar-refractivity contribution is 5.38. The third kappa shape index (κ3) is 2.85. The van der Waals surface area contributed by atoms with Gasteiger partial charge < -0.3 is 10.4 Å². The van der Waals surface area contributed by atoms with Crippen LogP contribution in [0.1, 0.15) is 63.1 Å². The molecule has 2 aliphatic rings. The van der Waals surface area contributed by atoms with Crippen molar-refractivity contribution in [1.29, 1.82) is 0 Å². The largest absolute Gasteiger partial charge is 0.508 e. The van der Waals surface area contributed by atoms with Crippen molar-refractivity contribution >= 4 is 0 Å². The fourth-order valence-electron chi connectivity index (χ4n) is 3.94. The normalized spacial score (nSPS) is 33.7. The lowest BCUT2D eigenvalue weighted by molar-refractivity contribution is 0.210. The molecule has 1 saturated carbocycles. The predicted octanol–water partition coefficient (Wildman–Crippen LogP) is 4.18. The van der Waals surface area contributed by atoms with Gasteiger partial charge >= 0.3 is 0 Å². The van der Waals surface area contributed by atoms with Crippen LogP contribution >= 0.6 is 0 Å². The van der Waals surface area contributed by atoms with Gasteiger partial charge in [0, 0.05) is 12.1 Å². The summed E-state index contributed by atoms with van der Waals surface area (Å²) in [6.07, 6.45) is 7.57. The summed E-state index contributed by atoms with van der Waals surface area (Å²) in [6.45, 7) is 4.77. The molecular weight excluding hydrogens is 246 g/mol. The van der Waals surface area contributed by atoms with Crippen molar-refractivity contribution < 1.29 is 5.11 Å². The standard InChI is InChI=1S/C18H27NO/c1-12-6-8-15(10-13(12)2)19-18-5-3-4-14-7-9-16(20)11-17(14)18/h7,9,11-13,15,18-20H,3-6,8,10H2,1-2H3. The lowest BCUT2D eigenvalue weighted by Gasteiger charge is -2.36. The van der Waals surface area contributed by atoms with Gasteiger partial charge in [-0.15, -0.1) is 0 Å². The second-order valence-corrected chi connectivity index (χ2v) is 6.96. The van der Waals surface area contributed by atoms with Crippen LogP contribution in [-0.2, 0) is 6.42 Å². The molecule has 0 radical (unpaired) electrons. The summed E-state index contributed by atoms with van der Waals surface area (Å²) >= 11 is 0. The van der Waals surface area contributed by atoms with Crippen molar-refractivity contribution in [2.24, 2.45) is 11.8 Å². The highest BCUT2D eigenvalue weighted by atomic mass is 16.3. The molecule has 110 valence electrons. The number of phenols is 1. The van der Waals surface area contributed by atoms with Crippen LogP contribution < -0.4 is 5.32 Å². The number of fused-ring (bicyclic) bond motifs is 1.